The third-order valence-corrected chi connectivity index (χ3v) is 3.49. The first-order valence-corrected chi connectivity index (χ1v) is 5.95. The van der Waals surface area contributed by atoms with Crippen molar-refractivity contribution < 1.29 is 0 Å². The van der Waals surface area contributed by atoms with Crippen LogP contribution in [-0.4, -0.2) is 29.4 Å². The number of aryl methyl sites for hydroxylation is 1. The summed E-state index contributed by atoms with van der Waals surface area (Å²) in [4.78, 5) is 0. The lowest BCUT2D eigenvalue weighted by molar-refractivity contribution is 0.460. The zero-order chi connectivity index (χ0) is 10.1. The maximum atomic E-state index is 4.47. The molecule has 0 radical (unpaired) electrons. The van der Waals surface area contributed by atoms with Crippen molar-refractivity contribution in [2.75, 3.05) is 25.0 Å². The van der Waals surface area contributed by atoms with Crippen molar-refractivity contribution in [2.45, 2.75) is 31.7 Å². The number of hydrogen-bond acceptors (Lipinski definition) is 3. The molecule has 0 spiro atoms. The van der Waals surface area contributed by atoms with Gasteiger partial charge in [-0.25, -0.2) is 4.68 Å². The first-order valence-electron chi connectivity index (χ1n) is 5.95. The largest absolute Gasteiger partial charge is 0.370 e. The summed E-state index contributed by atoms with van der Waals surface area (Å²) in [7, 11) is 0. The van der Waals surface area contributed by atoms with E-state index >= 15 is 0 Å². The van der Waals surface area contributed by atoms with Gasteiger partial charge in [-0.1, -0.05) is 0 Å². The van der Waals surface area contributed by atoms with Crippen molar-refractivity contribution in [1.82, 2.24) is 15.1 Å². The Morgan fingerprint density at radius 1 is 1.27 bits per heavy atom. The van der Waals surface area contributed by atoms with Crippen LogP contribution in [0.1, 0.15) is 30.7 Å². The topological polar surface area (TPSA) is 41.9 Å². The highest BCUT2D eigenvalue weighted by molar-refractivity contribution is 5.47. The lowest BCUT2D eigenvalue weighted by Gasteiger charge is -2.24. The molecule has 3 heterocycles. The fourth-order valence-corrected chi connectivity index (χ4v) is 2.63. The summed E-state index contributed by atoms with van der Waals surface area (Å²) in [6, 6.07) is 0. The van der Waals surface area contributed by atoms with E-state index in [1.807, 2.05) is 0 Å². The van der Waals surface area contributed by atoms with Gasteiger partial charge in [-0.05, 0) is 38.3 Å². The van der Waals surface area contributed by atoms with Crippen LogP contribution in [0, 0.1) is 0 Å². The molecule has 15 heavy (non-hydrogen) atoms. The molecule has 0 saturated carbocycles. The third-order valence-electron chi connectivity index (χ3n) is 3.49. The molecule has 2 N–H and O–H groups in total. The lowest BCUT2D eigenvalue weighted by Crippen LogP contribution is -2.27. The second kappa shape index (κ2) is 3.85. The van der Waals surface area contributed by atoms with Crippen molar-refractivity contribution >= 4 is 5.82 Å². The van der Waals surface area contributed by atoms with E-state index in [-0.39, 0.29) is 0 Å². The number of nitrogens with one attached hydrogen (secondary N) is 2. The fourth-order valence-electron chi connectivity index (χ4n) is 2.63. The number of piperidine rings is 1. The van der Waals surface area contributed by atoms with Gasteiger partial charge in [0.05, 0.1) is 6.20 Å². The average molecular weight is 206 g/mol. The second-order valence-electron chi connectivity index (χ2n) is 4.48. The van der Waals surface area contributed by atoms with E-state index in [0.717, 1.165) is 26.2 Å². The highest BCUT2D eigenvalue weighted by atomic mass is 15.3. The van der Waals surface area contributed by atoms with Crippen molar-refractivity contribution in [1.29, 1.82) is 0 Å². The van der Waals surface area contributed by atoms with E-state index < -0.39 is 0 Å². The van der Waals surface area contributed by atoms with Gasteiger partial charge in [-0.2, -0.15) is 5.10 Å². The first-order chi connectivity index (χ1) is 7.45. The number of anilines is 1. The summed E-state index contributed by atoms with van der Waals surface area (Å²) in [5, 5.41) is 11.4. The van der Waals surface area contributed by atoms with Crippen LogP contribution < -0.4 is 10.6 Å². The minimum absolute atomic E-state index is 0.709. The van der Waals surface area contributed by atoms with Gasteiger partial charge in [0.15, 0.2) is 0 Å². The fraction of sp³-hybridized carbons (Fsp3) is 0.727. The summed E-state index contributed by atoms with van der Waals surface area (Å²) in [6.07, 6.45) is 5.77. The number of aromatic nitrogens is 2. The summed E-state index contributed by atoms with van der Waals surface area (Å²) < 4.78 is 2.13. The van der Waals surface area contributed by atoms with Crippen molar-refractivity contribution in [2.24, 2.45) is 0 Å². The molecule has 2 aliphatic rings. The van der Waals surface area contributed by atoms with Crippen LogP contribution in [0.25, 0.3) is 0 Å². The van der Waals surface area contributed by atoms with Gasteiger partial charge >= 0.3 is 0 Å². The van der Waals surface area contributed by atoms with E-state index in [2.05, 4.69) is 26.6 Å². The summed E-state index contributed by atoms with van der Waals surface area (Å²) in [6.45, 7) is 4.47. The van der Waals surface area contributed by atoms with Gasteiger partial charge in [0, 0.05) is 18.7 Å². The number of rotatable bonds is 1. The Hall–Kier alpha value is -1.03. The lowest BCUT2D eigenvalue weighted by atomic mass is 9.91. The molecule has 0 aliphatic carbocycles. The molecular formula is C11H18N4. The van der Waals surface area contributed by atoms with Gasteiger partial charge < -0.3 is 10.6 Å². The molecule has 0 atom stereocenters. The Bertz CT molecular complexity index is 338. The van der Waals surface area contributed by atoms with E-state index in [0.29, 0.717) is 5.92 Å². The molecule has 4 heteroatoms. The number of nitrogens with zero attached hydrogens (tertiary/aromatic N) is 2. The Labute approximate surface area is 90.0 Å². The summed E-state index contributed by atoms with van der Waals surface area (Å²) >= 11 is 0. The highest BCUT2D eigenvalue weighted by Crippen LogP contribution is 2.32. The molecule has 0 bridgehead atoms. The molecule has 0 unspecified atom stereocenters. The standard InChI is InChI=1S/C11H18N4/c1-4-13-11-10(8-14-15(11)7-1)9-2-5-12-6-3-9/h8-9,12-13H,1-7H2. The second-order valence-corrected chi connectivity index (χ2v) is 4.48. The zero-order valence-electron chi connectivity index (χ0n) is 9.00. The number of fused-ring (bicyclic) bond motifs is 1. The molecule has 0 aromatic carbocycles. The van der Waals surface area contributed by atoms with Crippen LogP contribution in [-0.2, 0) is 6.54 Å². The molecule has 1 aromatic heterocycles. The Balaban J connectivity index is 1.87. The van der Waals surface area contributed by atoms with Crippen LogP contribution >= 0.6 is 0 Å². The average Bonchev–Trinajstić information content (AvgIpc) is 2.74. The highest BCUT2D eigenvalue weighted by Gasteiger charge is 2.22. The molecule has 2 aliphatic heterocycles. The molecule has 1 saturated heterocycles. The minimum Gasteiger partial charge on any atom is -0.370 e. The SMILES string of the molecule is c1nn2c(c1C1CCNCC1)NCCC2. The molecule has 3 rings (SSSR count). The molecule has 1 fully saturated rings. The predicted molar refractivity (Wildman–Crippen MR) is 60.2 cm³/mol. The summed E-state index contributed by atoms with van der Waals surface area (Å²) in [5.41, 5.74) is 1.44. The Morgan fingerprint density at radius 3 is 3.00 bits per heavy atom. The quantitative estimate of drug-likeness (QED) is 0.724. The smallest absolute Gasteiger partial charge is 0.127 e. The monoisotopic (exact) mass is 206 g/mol. The predicted octanol–water partition coefficient (Wildman–Crippen LogP) is 1.17. The van der Waals surface area contributed by atoms with E-state index in [1.165, 1.54) is 30.6 Å². The van der Waals surface area contributed by atoms with Crippen molar-refractivity contribution in [3.63, 3.8) is 0 Å². The van der Waals surface area contributed by atoms with Gasteiger partial charge in [0.25, 0.3) is 0 Å². The van der Waals surface area contributed by atoms with Gasteiger partial charge in [0.2, 0.25) is 0 Å². The van der Waals surface area contributed by atoms with Crippen LogP contribution in [0.4, 0.5) is 5.82 Å². The van der Waals surface area contributed by atoms with Crippen LogP contribution in [0.15, 0.2) is 6.20 Å². The van der Waals surface area contributed by atoms with Crippen LogP contribution in [0.2, 0.25) is 0 Å². The Kier molecular flexibility index (Phi) is 2.37. The molecule has 0 amide bonds. The first kappa shape index (κ1) is 9.21. The third kappa shape index (κ3) is 1.63. The van der Waals surface area contributed by atoms with Crippen molar-refractivity contribution in [3.8, 4) is 0 Å². The molecule has 1 aromatic rings. The maximum Gasteiger partial charge on any atom is 0.127 e. The minimum atomic E-state index is 0.709. The maximum absolute atomic E-state index is 4.47. The van der Waals surface area contributed by atoms with Crippen molar-refractivity contribution in [3.05, 3.63) is 11.8 Å². The normalized spacial score (nSPS) is 22.1. The number of hydrogen-bond donors (Lipinski definition) is 2. The molecule has 82 valence electrons. The zero-order valence-corrected chi connectivity index (χ0v) is 9.00. The van der Waals surface area contributed by atoms with E-state index in [1.54, 1.807) is 0 Å². The van der Waals surface area contributed by atoms with Gasteiger partial charge in [-0.15, -0.1) is 0 Å². The van der Waals surface area contributed by atoms with E-state index in [9.17, 15) is 0 Å². The van der Waals surface area contributed by atoms with Gasteiger partial charge in [0.1, 0.15) is 5.82 Å². The van der Waals surface area contributed by atoms with Crippen LogP contribution in [0.3, 0.4) is 0 Å². The summed E-state index contributed by atoms with van der Waals surface area (Å²) in [5.74, 6) is 1.99. The molecular weight excluding hydrogens is 188 g/mol. The molecule has 4 nitrogen and oxygen atoms in total. The van der Waals surface area contributed by atoms with E-state index in [4.69, 9.17) is 0 Å². The van der Waals surface area contributed by atoms with Crippen LogP contribution in [0.5, 0.6) is 0 Å². The van der Waals surface area contributed by atoms with Gasteiger partial charge in [-0.3, -0.25) is 0 Å². The Morgan fingerprint density at radius 2 is 2.13 bits per heavy atom.